The van der Waals surface area contributed by atoms with E-state index in [9.17, 15) is 13.2 Å². The summed E-state index contributed by atoms with van der Waals surface area (Å²) >= 11 is 0. The first-order valence-corrected chi connectivity index (χ1v) is 15.4. The first-order chi connectivity index (χ1) is 19.5. The Hall–Kier alpha value is -3.37. The van der Waals surface area contributed by atoms with Gasteiger partial charge in [-0.15, -0.1) is 0 Å². The summed E-state index contributed by atoms with van der Waals surface area (Å²) in [5.41, 5.74) is 4.54. The molecule has 40 heavy (non-hydrogen) atoms. The Morgan fingerprint density at radius 3 is 2.58 bits per heavy atom. The van der Waals surface area contributed by atoms with Gasteiger partial charge in [0.05, 0.1) is 22.9 Å². The van der Waals surface area contributed by atoms with E-state index in [1.165, 1.54) is 5.56 Å². The molecule has 0 aromatic heterocycles. The highest BCUT2D eigenvalue weighted by Crippen LogP contribution is 2.38. The molecule has 1 saturated heterocycles. The van der Waals surface area contributed by atoms with Gasteiger partial charge in [-0.1, -0.05) is 42.5 Å². The topological polar surface area (TPSA) is 100 Å². The van der Waals surface area contributed by atoms with Gasteiger partial charge in [-0.3, -0.25) is 14.7 Å². The summed E-state index contributed by atoms with van der Waals surface area (Å²) in [6.07, 6.45) is 3.14. The standard InChI is InChI=1S/C31H34N4O4S/c36-31-29(27-19-26(13-14-28(27)34-31)40(37,38)32-20-22-7-8-22)30(24-5-2-1-3-6-24)33-25-11-9-23(10-12-25)21-35-15-4-17-39-18-16-35/h1-3,5-6,9-14,19,22,29,32H,4,7-8,15-18,20-21H2,(H,34,36). The van der Waals surface area contributed by atoms with Gasteiger partial charge in [0.2, 0.25) is 15.9 Å². The van der Waals surface area contributed by atoms with Crippen molar-refractivity contribution in [2.75, 3.05) is 38.2 Å². The number of carbonyl (C=O) groups excluding carboxylic acids is 1. The van der Waals surface area contributed by atoms with Crippen molar-refractivity contribution in [2.45, 2.75) is 36.6 Å². The molecule has 6 rings (SSSR count). The molecular formula is C31H34N4O4S. The van der Waals surface area contributed by atoms with Crippen LogP contribution in [-0.4, -0.2) is 57.8 Å². The highest BCUT2D eigenvalue weighted by Gasteiger charge is 2.36. The number of fused-ring (bicyclic) bond motifs is 1. The van der Waals surface area contributed by atoms with Crippen LogP contribution in [0.3, 0.4) is 0 Å². The zero-order valence-corrected chi connectivity index (χ0v) is 23.2. The Balaban J connectivity index is 1.31. The van der Waals surface area contributed by atoms with Gasteiger partial charge in [-0.2, -0.15) is 0 Å². The number of rotatable bonds is 9. The van der Waals surface area contributed by atoms with Gasteiger partial charge in [0.25, 0.3) is 0 Å². The molecule has 0 spiro atoms. The fourth-order valence-corrected chi connectivity index (χ4v) is 6.40. The number of amides is 1. The van der Waals surface area contributed by atoms with Gasteiger partial charge in [0, 0.05) is 38.5 Å². The minimum atomic E-state index is -3.69. The fraction of sp³-hybridized carbons (Fsp3) is 0.355. The molecule has 2 N–H and O–H groups in total. The second-order valence-electron chi connectivity index (χ2n) is 10.7. The van der Waals surface area contributed by atoms with Crippen LogP contribution in [0.4, 0.5) is 11.4 Å². The second kappa shape index (κ2) is 11.6. The molecule has 0 radical (unpaired) electrons. The van der Waals surface area contributed by atoms with Crippen molar-refractivity contribution in [3.8, 4) is 0 Å². The lowest BCUT2D eigenvalue weighted by Crippen LogP contribution is -2.26. The zero-order valence-electron chi connectivity index (χ0n) is 22.4. The molecular weight excluding hydrogens is 524 g/mol. The van der Waals surface area contributed by atoms with Crippen LogP contribution in [0.5, 0.6) is 0 Å². The van der Waals surface area contributed by atoms with Gasteiger partial charge >= 0.3 is 0 Å². The summed E-state index contributed by atoms with van der Waals surface area (Å²) in [5, 5.41) is 2.93. The maximum Gasteiger partial charge on any atom is 0.240 e. The molecule has 9 heteroatoms. The van der Waals surface area contributed by atoms with Crippen molar-refractivity contribution < 1.29 is 17.9 Å². The minimum Gasteiger partial charge on any atom is -0.380 e. The number of hydrogen-bond donors (Lipinski definition) is 2. The fourth-order valence-electron chi connectivity index (χ4n) is 5.24. The quantitative estimate of drug-likeness (QED) is 0.378. The molecule has 2 aliphatic heterocycles. The van der Waals surface area contributed by atoms with E-state index >= 15 is 0 Å². The Bertz CT molecular complexity index is 1490. The molecule has 2 heterocycles. The molecule has 1 amide bonds. The highest BCUT2D eigenvalue weighted by molar-refractivity contribution is 7.89. The van der Waals surface area contributed by atoms with Crippen LogP contribution in [-0.2, 0) is 26.1 Å². The molecule has 3 aromatic carbocycles. The number of nitrogens with one attached hydrogen (secondary N) is 2. The van der Waals surface area contributed by atoms with Gasteiger partial charge in [-0.25, -0.2) is 13.1 Å². The molecule has 2 fully saturated rings. The summed E-state index contributed by atoms with van der Waals surface area (Å²) in [4.78, 5) is 20.9. The smallest absolute Gasteiger partial charge is 0.240 e. The van der Waals surface area contributed by atoms with Crippen LogP contribution in [0.1, 0.15) is 41.9 Å². The van der Waals surface area contributed by atoms with Crippen molar-refractivity contribution in [1.29, 1.82) is 0 Å². The van der Waals surface area contributed by atoms with Crippen LogP contribution >= 0.6 is 0 Å². The lowest BCUT2D eigenvalue weighted by atomic mass is 9.90. The van der Waals surface area contributed by atoms with Gasteiger partial charge in [0.1, 0.15) is 5.92 Å². The van der Waals surface area contributed by atoms with Crippen molar-refractivity contribution >= 4 is 33.0 Å². The van der Waals surface area contributed by atoms with Crippen molar-refractivity contribution in [2.24, 2.45) is 10.9 Å². The molecule has 1 atom stereocenters. The Labute approximate surface area is 235 Å². The maximum atomic E-state index is 13.4. The molecule has 1 saturated carbocycles. The largest absolute Gasteiger partial charge is 0.380 e. The summed E-state index contributed by atoms with van der Waals surface area (Å²) in [6, 6.07) is 22.5. The van der Waals surface area contributed by atoms with E-state index in [0.29, 0.717) is 29.4 Å². The third-order valence-corrected chi connectivity index (χ3v) is 9.09. The summed E-state index contributed by atoms with van der Waals surface area (Å²) < 4.78 is 34.3. The average molecular weight is 559 g/mol. The number of anilines is 1. The number of sulfonamides is 1. The third kappa shape index (κ3) is 6.18. The van der Waals surface area contributed by atoms with Crippen LogP contribution < -0.4 is 10.0 Å². The normalized spacial score (nSPS) is 20.1. The van der Waals surface area contributed by atoms with E-state index in [2.05, 4.69) is 27.1 Å². The number of carbonyl (C=O) groups is 1. The summed E-state index contributed by atoms with van der Waals surface area (Å²) in [7, 11) is -3.69. The third-order valence-electron chi connectivity index (χ3n) is 7.67. The van der Waals surface area contributed by atoms with Gasteiger partial charge in [0.15, 0.2) is 0 Å². The van der Waals surface area contributed by atoms with Crippen LogP contribution in [0.2, 0.25) is 0 Å². The van der Waals surface area contributed by atoms with Gasteiger partial charge in [-0.05, 0) is 72.2 Å². The molecule has 3 aromatic rings. The predicted molar refractivity (Wildman–Crippen MR) is 156 cm³/mol. The first-order valence-electron chi connectivity index (χ1n) is 13.9. The van der Waals surface area contributed by atoms with Crippen molar-refractivity contribution in [1.82, 2.24) is 9.62 Å². The molecule has 0 bridgehead atoms. The zero-order chi connectivity index (χ0) is 27.5. The minimum absolute atomic E-state index is 0.157. The van der Waals surface area contributed by atoms with E-state index in [1.807, 2.05) is 42.5 Å². The molecule has 1 unspecified atom stereocenters. The summed E-state index contributed by atoms with van der Waals surface area (Å²) in [6.45, 7) is 4.80. The Morgan fingerprint density at radius 2 is 1.80 bits per heavy atom. The molecule has 8 nitrogen and oxygen atoms in total. The lowest BCUT2D eigenvalue weighted by Gasteiger charge is -2.19. The van der Waals surface area contributed by atoms with E-state index in [4.69, 9.17) is 9.73 Å². The average Bonchev–Trinajstić information content (AvgIpc) is 3.78. The van der Waals surface area contributed by atoms with Crippen LogP contribution in [0, 0.1) is 5.92 Å². The number of aliphatic imine (C=N–C) groups is 1. The van der Waals surface area contributed by atoms with E-state index < -0.39 is 15.9 Å². The highest BCUT2D eigenvalue weighted by atomic mass is 32.2. The predicted octanol–water partition coefficient (Wildman–Crippen LogP) is 4.45. The van der Waals surface area contributed by atoms with Gasteiger partial charge < -0.3 is 10.1 Å². The monoisotopic (exact) mass is 558 g/mol. The van der Waals surface area contributed by atoms with E-state index in [0.717, 1.165) is 63.4 Å². The molecule has 3 aliphatic rings. The number of benzene rings is 3. The number of hydrogen-bond acceptors (Lipinski definition) is 6. The van der Waals surface area contributed by atoms with E-state index in [1.54, 1.807) is 18.2 Å². The van der Waals surface area contributed by atoms with Crippen molar-refractivity contribution in [3.05, 3.63) is 89.5 Å². The van der Waals surface area contributed by atoms with Crippen LogP contribution in [0.25, 0.3) is 0 Å². The lowest BCUT2D eigenvalue weighted by molar-refractivity contribution is -0.115. The SMILES string of the molecule is O=C1Nc2ccc(S(=O)(=O)NCC3CC3)cc2C1C(=Nc1ccc(CN2CCCOCC2)cc1)c1ccccc1. The second-order valence-corrected chi connectivity index (χ2v) is 12.5. The Morgan fingerprint density at radius 1 is 1.00 bits per heavy atom. The molecule has 1 aliphatic carbocycles. The maximum absolute atomic E-state index is 13.4. The number of nitrogens with zero attached hydrogens (tertiary/aromatic N) is 2. The molecule has 208 valence electrons. The van der Waals surface area contributed by atoms with Crippen LogP contribution in [0.15, 0.2) is 82.7 Å². The van der Waals surface area contributed by atoms with Crippen molar-refractivity contribution in [3.63, 3.8) is 0 Å². The first kappa shape index (κ1) is 26.8. The number of ether oxygens (including phenoxy) is 1. The Kier molecular flexibility index (Phi) is 7.80. The van der Waals surface area contributed by atoms with E-state index in [-0.39, 0.29) is 10.8 Å². The summed E-state index contributed by atoms with van der Waals surface area (Å²) in [5.74, 6) is -0.548.